The van der Waals surface area contributed by atoms with Gasteiger partial charge in [-0.15, -0.1) is 0 Å². The van der Waals surface area contributed by atoms with E-state index in [2.05, 4.69) is 10.4 Å². The summed E-state index contributed by atoms with van der Waals surface area (Å²) >= 11 is 0. The van der Waals surface area contributed by atoms with Crippen LogP contribution in [0.2, 0.25) is 0 Å². The number of nitrogens with zero attached hydrogens (tertiary/aromatic N) is 1. The highest BCUT2D eigenvalue weighted by Crippen LogP contribution is 2.24. The van der Waals surface area contributed by atoms with Crippen molar-refractivity contribution in [2.24, 2.45) is 5.84 Å². The minimum absolute atomic E-state index is 0.205. The van der Waals surface area contributed by atoms with Gasteiger partial charge in [0.15, 0.2) is 9.84 Å². The first-order chi connectivity index (χ1) is 8.99. The summed E-state index contributed by atoms with van der Waals surface area (Å²) < 4.78 is 28.4. The molecule has 0 radical (unpaired) electrons. The number of ether oxygens (including phenoxy) is 1. The second-order valence-corrected chi connectivity index (χ2v) is 5.89. The Hall–Kier alpha value is -2.12. The van der Waals surface area contributed by atoms with Crippen molar-refractivity contribution >= 4 is 15.7 Å². The number of benzene rings is 1. The van der Waals surface area contributed by atoms with Crippen LogP contribution in [0.5, 0.6) is 11.5 Å². The molecule has 1 aromatic carbocycles. The number of nitrogens with one attached hydrogen (secondary N) is 1. The number of hydrogen-bond acceptors (Lipinski definition) is 6. The van der Waals surface area contributed by atoms with Gasteiger partial charge in [0, 0.05) is 18.5 Å². The molecule has 0 aliphatic heterocycles. The maximum Gasteiger partial charge on any atom is 0.175 e. The highest BCUT2D eigenvalue weighted by atomic mass is 32.2. The second-order valence-electron chi connectivity index (χ2n) is 3.87. The maximum atomic E-state index is 11.4. The summed E-state index contributed by atoms with van der Waals surface area (Å²) in [6, 6.07) is 9.52. The predicted molar refractivity (Wildman–Crippen MR) is 71.7 cm³/mol. The van der Waals surface area contributed by atoms with Crippen LogP contribution in [0.1, 0.15) is 0 Å². The van der Waals surface area contributed by atoms with Gasteiger partial charge in [0.1, 0.15) is 17.3 Å². The molecule has 6 nitrogen and oxygen atoms in total. The minimum atomic E-state index is -3.26. The molecular formula is C12H13N3O3S. The Kier molecular flexibility index (Phi) is 3.68. The summed E-state index contributed by atoms with van der Waals surface area (Å²) in [6.45, 7) is 0. The second kappa shape index (κ2) is 5.25. The van der Waals surface area contributed by atoms with Gasteiger partial charge in [-0.3, -0.25) is 0 Å². The predicted octanol–water partition coefficient (Wildman–Crippen LogP) is 1.56. The van der Waals surface area contributed by atoms with Crippen molar-refractivity contribution < 1.29 is 13.2 Å². The van der Waals surface area contributed by atoms with Crippen molar-refractivity contribution in [3.8, 4) is 11.5 Å². The van der Waals surface area contributed by atoms with Gasteiger partial charge in [-0.25, -0.2) is 19.2 Å². The van der Waals surface area contributed by atoms with E-state index in [4.69, 9.17) is 10.6 Å². The molecule has 1 aromatic heterocycles. The van der Waals surface area contributed by atoms with Crippen LogP contribution >= 0.6 is 0 Å². The van der Waals surface area contributed by atoms with Crippen LogP contribution in [0, 0.1) is 0 Å². The standard InChI is InChI=1S/C12H13N3O3S/c1-19(16,17)11-4-2-3-9(7-11)18-10-5-6-14-12(8-10)15-13/h2-8H,13H2,1H3,(H,14,15). The van der Waals surface area contributed by atoms with Gasteiger partial charge in [-0.1, -0.05) is 6.07 Å². The normalized spacial score (nSPS) is 11.1. The van der Waals surface area contributed by atoms with Crippen LogP contribution in [0.25, 0.3) is 0 Å². The smallest absolute Gasteiger partial charge is 0.175 e. The van der Waals surface area contributed by atoms with Crippen molar-refractivity contribution in [1.29, 1.82) is 0 Å². The zero-order chi connectivity index (χ0) is 13.9. The number of rotatable bonds is 4. The van der Waals surface area contributed by atoms with Crippen LogP contribution in [0.4, 0.5) is 5.82 Å². The molecule has 1 heterocycles. The zero-order valence-electron chi connectivity index (χ0n) is 10.2. The number of anilines is 1. The highest BCUT2D eigenvalue weighted by molar-refractivity contribution is 7.90. The third-order valence-corrected chi connectivity index (χ3v) is 3.46. The molecule has 2 rings (SSSR count). The summed E-state index contributed by atoms with van der Waals surface area (Å²) in [5.74, 6) is 6.64. The van der Waals surface area contributed by atoms with Gasteiger partial charge >= 0.3 is 0 Å². The average Bonchev–Trinajstić information content (AvgIpc) is 2.38. The molecular weight excluding hydrogens is 266 g/mol. The average molecular weight is 279 g/mol. The molecule has 0 saturated carbocycles. The number of sulfone groups is 1. The summed E-state index contributed by atoms with van der Waals surface area (Å²) in [7, 11) is -3.26. The third kappa shape index (κ3) is 3.43. The van der Waals surface area contributed by atoms with E-state index in [0.717, 1.165) is 6.26 Å². The fourth-order valence-electron chi connectivity index (χ4n) is 1.46. The summed E-state index contributed by atoms with van der Waals surface area (Å²) in [5, 5.41) is 0. The molecule has 7 heteroatoms. The summed E-state index contributed by atoms with van der Waals surface area (Å²) in [5.41, 5.74) is 2.40. The fourth-order valence-corrected chi connectivity index (χ4v) is 2.11. The van der Waals surface area contributed by atoms with E-state index in [9.17, 15) is 8.42 Å². The van der Waals surface area contributed by atoms with Gasteiger partial charge in [0.25, 0.3) is 0 Å². The summed E-state index contributed by atoms with van der Waals surface area (Å²) in [4.78, 5) is 4.15. The van der Waals surface area contributed by atoms with Crippen molar-refractivity contribution in [3.63, 3.8) is 0 Å². The first kappa shape index (κ1) is 13.3. The zero-order valence-corrected chi connectivity index (χ0v) is 11.0. The number of aromatic nitrogens is 1. The monoisotopic (exact) mass is 279 g/mol. The largest absolute Gasteiger partial charge is 0.457 e. The van der Waals surface area contributed by atoms with E-state index < -0.39 is 9.84 Å². The molecule has 0 aliphatic carbocycles. The molecule has 0 aliphatic rings. The van der Waals surface area contributed by atoms with Crippen LogP contribution in [0.15, 0.2) is 47.5 Å². The molecule has 0 spiro atoms. The number of hydrazine groups is 1. The lowest BCUT2D eigenvalue weighted by molar-refractivity contribution is 0.480. The fraction of sp³-hybridized carbons (Fsp3) is 0.0833. The number of nitrogen functional groups attached to an aromatic ring is 1. The molecule has 0 amide bonds. The maximum absolute atomic E-state index is 11.4. The lowest BCUT2D eigenvalue weighted by Crippen LogP contribution is -2.08. The lowest BCUT2D eigenvalue weighted by Gasteiger charge is -2.08. The Labute approximate surface area is 111 Å². The molecule has 19 heavy (non-hydrogen) atoms. The van der Waals surface area contributed by atoms with E-state index in [-0.39, 0.29) is 4.90 Å². The quantitative estimate of drug-likeness (QED) is 0.651. The van der Waals surface area contributed by atoms with Crippen molar-refractivity contribution in [1.82, 2.24) is 4.98 Å². The molecule has 2 aromatic rings. The van der Waals surface area contributed by atoms with Crippen molar-refractivity contribution in [2.45, 2.75) is 4.90 Å². The Morgan fingerprint density at radius 3 is 2.63 bits per heavy atom. The van der Waals surface area contributed by atoms with Crippen molar-refractivity contribution in [3.05, 3.63) is 42.6 Å². The summed E-state index contributed by atoms with van der Waals surface area (Å²) in [6.07, 6.45) is 2.68. The first-order valence-electron chi connectivity index (χ1n) is 5.40. The lowest BCUT2D eigenvalue weighted by atomic mass is 10.3. The molecule has 0 bridgehead atoms. The molecule has 100 valence electrons. The Morgan fingerprint density at radius 2 is 1.95 bits per heavy atom. The van der Waals surface area contributed by atoms with Gasteiger partial charge < -0.3 is 10.2 Å². The van der Waals surface area contributed by atoms with Crippen LogP contribution < -0.4 is 16.0 Å². The van der Waals surface area contributed by atoms with E-state index in [1.807, 2.05) is 0 Å². The van der Waals surface area contributed by atoms with Gasteiger partial charge in [-0.05, 0) is 24.3 Å². The number of hydrogen-bond donors (Lipinski definition) is 2. The van der Waals surface area contributed by atoms with Gasteiger partial charge in [0.2, 0.25) is 0 Å². The van der Waals surface area contributed by atoms with Crippen molar-refractivity contribution in [2.75, 3.05) is 11.7 Å². The van der Waals surface area contributed by atoms with E-state index in [0.29, 0.717) is 17.3 Å². The highest BCUT2D eigenvalue weighted by Gasteiger charge is 2.08. The van der Waals surface area contributed by atoms with E-state index >= 15 is 0 Å². The van der Waals surface area contributed by atoms with E-state index in [1.165, 1.54) is 18.3 Å². The SMILES string of the molecule is CS(=O)(=O)c1cccc(Oc2ccnc(NN)c2)c1. The first-order valence-corrected chi connectivity index (χ1v) is 7.29. The Bertz CT molecular complexity index is 686. The van der Waals surface area contributed by atoms with Crippen LogP contribution in [-0.4, -0.2) is 19.7 Å². The number of nitrogens with two attached hydrogens (primary N) is 1. The molecule has 0 unspecified atom stereocenters. The van der Waals surface area contributed by atoms with Crippen LogP contribution in [0.3, 0.4) is 0 Å². The Morgan fingerprint density at radius 1 is 1.21 bits per heavy atom. The molecule has 0 atom stereocenters. The number of pyridine rings is 1. The van der Waals surface area contributed by atoms with Gasteiger partial charge in [-0.2, -0.15) is 0 Å². The third-order valence-electron chi connectivity index (χ3n) is 2.35. The topological polar surface area (TPSA) is 94.3 Å². The Balaban J connectivity index is 2.28. The van der Waals surface area contributed by atoms with Crippen LogP contribution in [-0.2, 0) is 9.84 Å². The minimum Gasteiger partial charge on any atom is -0.457 e. The molecule has 0 saturated heterocycles. The van der Waals surface area contributed by atoms with Gasteiger partial charge in [0.05, 0.1) is 4.90 Å². The molecule has 3 N–H and O–H groups in total. The molecule has 0 fully saturated rings. The van der Waals surface area contributed by atoms with E-state index in [1.54, 1.807) is 24.3 Å².